The van der Waals surface area contributed by atoms with Gasteiger partial charge in [0.25, 0.3) is 0 Å². The topological polar surface area (TPSA) is 49.1 Å². The molecule has 1 atom stereocenters. The van der Waals surface area contributed by atoms with Gasteiger partial charge in [0.1, 0.15) is 17.6 Å². The van der Waals surface area contributed by atoms with E-state index in [-0.39, 0.29) is 0 Å². The van der Waals surface area contributed by atoms with Crippen molar-refractivity contribution in [1.82, 2.24) is 4.90 Å². The molecule has 1 unspecified atom stereocenters. The number of aliphatic hydroxyl groups excluding tert-OH is 1. The maximum Gasteiger partial charge on any atom is 0.142 e. The van der Waals surface area contributed by atoms with Gasteiger partial charge in [0.2, 0.25) is 0 Å². The lowest BCUT2D eigenvalue weighted by Crippen LogP contribution is -2.47. The van der Waals surface area contributed by atoms with Gasteiger partial charge >= 0.3 is 0 Å². The molecule has 0 aliphatic carbocycles. The zero-order chi connectivity index (χ0) is 15.4. The third-order valence-electron chi connectivity index (χ3n) is 4.10. The van der Waals surface area contributed by atoms with Crippen molar-refractivity contribution >= 4 is 5.69 Å². The number of methoxy groups -OCH3 is 1. The lowest BCUT2D eigenvalue weighted by molar-refractivity contribution is 0.0915. The Morgan fingerprint density at radius 3 is 2.59 bits per heavy atom. The summed E-state index contributed by atoms with van der Waals surface area (Å²) in [5, 5.41) is 10.2. The van der Waals surface area contributed by atoms with E-state index in [4.69, 9.17) is 9.15 Å². The molecule has 118 valence electrons. The Bertz CT molecular complexity index is 577. The number of anilines is 1. The van der Waals surface area contributed by atoms with Crippen LogP contribution in [0.1, 0.15) is 11.9 Å². The monoisotopic (exact) mass is 302 g/mol. The quantitative estimate of drug-likeness (QED) is 0.917. The Morgan fingerprint density at radius 2 is 1.91 bits per heavy atom. The number of hydrogen-bond acceptors (Lipinski definition) is 5. The van der Waals surface area contributed by atoms with Gasteiger partial charge in [-0.05, 0) is 24.3 Å². The fourth-order valence-corrected chi connectivity index (χ4v) is 2.88. The lowest BCUT2D eigenvalue weighted by Gasteiger charge is -2.37. The Kier molecular flexibility index (Phi) is 4.65. The highest BCUT2D eigenvalue weighted by Crippen LogP contribution is 2.28. The van der Waals surface area contributed by atoms with Crippen LogP contribution in [0, 0.1) is 0 Å². The number of rotatable bonds is 5. The number of nitrogens with zero attached hydrogens (tertiary/aromatic N) is 2. The molecule has 1 N–H and O–H groups in total. The van der Waals surface area contributed by atoms with Crippen molar-refractivity contribution in [3.63, 3.8) is 0 Å². The zero-order valence-corrected chi connectivity index (χ0v) is 12.8. The van der Waals surface area contributed by atoms with E-state index in [1.54, 1.807) is 19.4 Å². The molecule has 5 heteroatoms. The predicted molar refractivity (Wildman–Crippen MR) is 85.3 cm³/mol. The molecule has 1 aliphatic heterocycles. The molecular formula is C17H22N2O3. The number of benzene rings is 1. The van der Waals surface area contributed by atoms with Crippen LogP contribution >= 0.6 is 0 Å². The minimum absolute atomic E-state index is 0.562. The first-order valence-electron chi connectivity index (χ1n) is 7.59. The maximum atomic E-state index is 10.2. The van der Waals surface area contributed by atoms with E-state index in [0.29, 0.717) is 12.3 Å². The molecule has 5 nitrogen and oxygen atoms in total. The van der Waals surface area contributed by atoms with E-state index in [9.17, 15) is 5.11 Å². The van der Waals surface area contributed by atoms with Gasteiger partial charge in [-0.1, -0.05) is 12.1 Å². The van der Waals surface area contributed by atoms with Crippen LogP contribution in [0.2, 0.25) is 0 Å². The van der Waals surface area contributed by atoms with Crippen LogP contribution in [-0.2, 0) is 0 Å². The second kappa shape index (κ2) is 6.85. The number of piperazine rings is 1. The largest absolute Gasteiger partial charge is 0.495 e. The molecule has 1 saturated heterocycles. The van der Waals surface area contributed by atoms with Crippen molar-refractivity contribution in [2.24, 2.45) is 0 Å². The fourth-order valence-electron chi connectivity index (χ4n) is 2.88. The highest BCUT2D eigenvalue weighted by molar-refractivity contribution is 5.58. The molecule has 1 aliphatic rings. The van der Waals surface area contributed by atoms with Crippen LogP contribution in [0.15, 0.2) is 47.1 Å². The zero-order valence-electron chi connectivity index (χ0n) is 12.8. The predicted octanol–water partition coefficient (Wildman–Crippen LogP) is 2.14. The van der Waals surface area contributed by atoms with Gasteiger partial charge < -0.3 is 19.2 Å². The molecule has 0 saturated carbocycles. The van der Waals surface area contributed by atoms with Gasteiger partial charge in [-0.25, -0.2) is 0 Å². The number of ether oxygens (including phenoxy) is 1. The van der Waals surface area contributed by atoms with E-state index in [1.807, 2.05) is 24.3 Å². The first-order chi connectivity index (χ1) is 10.8. The Labute approximate surface area is 130 Å². The van der Waals surface area contributed by atoms with E-state index in [1.165, 1.54) is 0 Å². The van der Waals surface area contributed by atoms with Crippen LogP contribution in [-0.4, -0.2) is 49.8 Å². The first kappa shape index (κ1) is 14.9. The van der Waals surface area contributed by atoms with Crippen LogP contribution < -0.4 is 9.64 Å². The smallest absolute Gasteiger partial charge is 0.142 e. The molecule has 1 aromatic heterocycles. The summed E-state index contributed by atoms with van der Waals surface area (Å²) in [6.07, 6.45) is 1.03. The summed E-state index contributed by atoms with van der Waals surface area (Å²) in [4.78, 5) is 4.59. The Morgan fingerprint density at radius 1 is 1.14 bits per heavy atom. The number of β-amino-alcohol motifs (C(OH)–C–C–N with tert-alkyl or cyclic N) is 1. The van der Waals surface area contributed by atoms with Crippen molar-refractivity contribution in [3.8, 4) is 5.75 Å². The lowest BCUT2D eigenvalue weighted by atomic mass is 10.2. The number of hydrogen-bond donors (Lipinski definition) is 1. The highest BCUT2D eigenvalue weighted by Gasteiger charge is 2.22. The fraction of sp³-hybridized carbons (Fsp3) is 0.412. The molecule has 2 aromatic rings. The minimum atomic E-state index is -0.562. The first-order valence-corrected chi connectivity index (χ1v) is 7.59. The maximum absolute atomic E-state index is 10.2. The van der Waals surface area contributed by atoms with Crippen LogP contribution in [0.4, 0.5) is 5.69 Å². The summed E-state index contributed by atoms with van der Waals surface area (Å²) in [5.41, 5.74) is 1.14. The molecule has 0 amide bonds. The normalized spacial score (nSPS) is 17.5. The van der Waals surface area contributed by atoms with Crippen molar-refractivity contribution in [1.29, 1.82) is 0 Å². The van der Waals surface area contributed by atoms with Gasteiger partial charge in [-0.2, -0.15) is 0 Å². The second-order valence-corrected chi connectivity index (χ2v) is 5.49. The average Bonchev–Trinajstić information content (AvgIpc) is 3.10. The van der Waals surface area contributed by atoms with Gasteiger partial charge in [-0.3, -0.25) is 4.90 Å². The minimum Gasteiger partial charge on any atom is -0.495 e. The molecule has 1 fully saturated rings. The van der Waals surface area contributed by atoms with Crippen LogP contribution in [0.5, 0.6) is 5.75 Å². The highest BCUT2D eigenvalue weighted by atomic mass is 16.5. The summed E-state index contributed by atoms with van der Waals surface area (Å²) < 4.78 is 10.7. The number of aliphatic hydroxyl groups is 1. The second-order valence-electron chi connectivity index (χ2n) is 5.49. The number of furan rings is 1. The average molecular weight is 302 g/mol. The van der Waals surface area contributed by atoms with Crippen LogP contribution in [0.25, 0.3) is 0 Å². The van der Waals surface area contributed by atoms with Crippen LogP contribution in [0.3, 0.4) is 0 Å². The summed E-state index contributed by atoms with van der Waals surface area (Å²) in [7, 11) is 1.70. The molecule has 22 heavy (non-hydrogen) atoms. The van der Waals surface area contributed by atoms with Gasteiger partial charge in [0.05, 0.1) is 19.1 Å². The molecule has 3 rings (SSSR count). The SMILES string of the molecule is COc1ccccc1N1CCN(CC(O)c2ccco2)CC1. The standard InChI is InChI=1S/C17H22N2O3/c1-21-16-6-3-2-5-14(16)19-10-8-18(9-11-19)13-15(20)17-7-4-12-22-17/h2-7,12,15,20H,8-11,13H2,1H3. The van der Waals surface area contributed by atoms with Crippen molar-refractivity contribution in [2.75, 3.05) is 44.7 Å². The summed E-state index contributed by atoms with van der Waals surface area (Å²) in [6, 6.07) is 11.7. The third kappa shape index (κ3) is 3.26. The van der Waals surface area contributed by atoms with Crippen molar-refractivity contribution < 1.29 is 14.3 Å². The van der Waals surface area contributed by atoms with E-state index in [0.717, 1.165) is 37.6 Å². The molecule has 2 heterocycles. The summed E-state index contributed by atoms with van der Waals surface area (Å²) in [6.45, 7) is 4.27. The van der Waals surface area contributed by atoms with Crippen molar-refractivity contribution in [3.05, 3.63) is 48.4 Å². The molecular weight excluding hydrogens is 280 g/mol. The Hall–Kier alpha value is -1.98. The molecule has 0 spiro atoms. The van der Waals surface area contributed by atoms with E-state index >= 15 is 0 Å². The van der Waals surface area contributed by atoms with E-state index < -0.39 is 6.10 Å². The third-order valence-corrected chi connectivity index (χ3v) is 4.10. The summed E-state index contributed by atoms with van der Waals surface area (Å²) in [5.74, 6) is 1.54. The molecule has 0 bridgehead atoms. The van der Waals surface area contributed by atoms with Gasteiger partial charge in [-0.15, -0.1) is 0 Å². The summed E-state index contributed by atoms with van der Waals surface area (Å²) >= 11 is 0. The van der Waals surface area contributed by atoms with E-state index in [2.05, 4.69) is 15.9 Å². The number of para-hydroxylation sites is 2. The molecule has 1 aromatic carbocycles. The van der Waals surface area contributed by atoms with Gasteiger partial charge in [0.15, 0.2) is 0 Å². The Balaban J connectivity index is 1.56. The van der Waals surface area contributed by atoms with Crippen molar-refractivity contribution in [2.45, 2.75) is 6.10 Å². The molecule has 0 radical (unpaired) electrons. The van der Waals surface area contributed by atoms with Gasteiger partial charge in [0, 0.05) is 32.7 Å².